The molecule has 0 atom stereocenters. The Morgan fingerprint density at radius 3 is 2.56 bits per heavy atom. The minimum absolute atomic E-state index is 0.223. The zero-order valence-corrected chi connectivity index (χ0v) is 14.5. The second-order valence-corrected chi connectivity index (χ2v) is 6.59. The molecular weight excluding hydrogens is 476 g/mol. The second-order valence-electron chi connectivity index (χ2n) is 3.72. The standard InChI is InChI=1S/C13H9Br2FIN/c14-11-3-1-9(16)5-8(11)7-18-10-2-4-13(17)12(15)6-10/h1-6,18H,7H2. The molecule has 0 aliphatic rings. The van der Waals surface area contributed by atoms with Crippen molar-refractivity contribution in [3.63, 3.8) is 0 Å². The Morgan fingerprint density at radius 2 is 1.83 bits per heavy atom. The number of hydrogen-bond donors (Lipinski definition) is 1. The van der Waals surface area contributed by atoms with Crippen molar-refractivity contribution < 1.29 is 4.39 Å². The first kappa shape index (κ1) is 14.3. The van der Waals surface area contributed by atoms with Gasteiger partial charge in [-0.05, 0) is 80.5 Å². The van der Waals surface area contributed by atoms with E-state index in [0.29, 0.717) is 6.54 Å². The number of hydrogen-bond acceptors (Lipinski definition) is 1. The van der Waals surface area contributed by atoms with Crippen LogP contribution in [0, 0.1) is 9.39 Å². The highest BCUT2D eigenvalue weighted by Gasteiger charge is 2.03. The summed E-state index contributed by atoms with van der Waals surface area (Å²) < 4.78 is 16.2. The summed E-state index contributed by atoms with van der Waals surface area (Å²) in [5, 5.41) is 3.27. The summed E-state index contributed by atoms with van der Waals surface area (Å²) in [5.41, 5.74) is 1.89. The van der Waals surface area contributed by atoms with Gasteiger partial charge in [0.05, 0.1) is 0 Å². The molecule has 0 aromatic heterocycles. The summed E-state index contributed by atoms with van der Waals surface area (Å²) in [5.74, 6) is -0.223. The van der Waals surface area contributed by atoms with Gasteiger partial charge in [0.15, 0.2) is 0 Å². The Hall–Kier alpha value is -0.140. The molecule has 0 saturated heterocycles. The molecule has 2 rings (SSSR count). The predicted molar refractivity (Wildman–Crippen MR) is 88.3 cm³/mol. The number of halogens is 4. The van der Waals surface area contributed by atoms with Crippen LogP contribution in [0.15, 0.2) is 45.3 Å². The SMILES string of the molecule is Fc1ccc(Br)c(CNc2ccc(I)c(Br)c2)c1. The molecule has 0 heterocycles. The molecule has 0 unspecified atom stereocenters. The molecule has 0 bridgehead atoms. The van der Waals surface area contributed by atoms with Crippen molar-refractivity contribution in [2.45, 2.75) is 6.54 Å². The van der Waals surface area contributed by atoms with Crippen LogP contribution in [0.4, 0.5) is 10.1 Å². The maximum atomic E-state index is 13.1. The van der Waals surface area contributed by atoms with Gasteiger partial charge < -0.3 is 5.32 Å². The van der Waals surface area contributed by atoms with Crippen LogP contribution in [0.5, 0.6) is 0 Å². The molecule has 1 nitrogen and oxygen atoms in total. The topological polar surface area (TPSA) is 12.0 Å². The summed E-state index contributed by atoms with van der Waals surface area (Å²) in [6, 6.07) is 10.7. The molecule has 1 N–H and O–H groups in total. The van der Waals surface area contributed by atoms with E-state index in [0.717, 1.165) is 23.8 Å². The Labute approximate surface area is 136 Å². The van der Waals surface area contributed by atoms with E-state index < -0.39 is 0 Å². The summed E-state index contributed by atoms with van der Waals surface area (Å²) in [6.07, 6.45) is 0. The van der Waals surface area contributed by atoms with Crippen molar-refractivity contribution in [3.05, 3.63) is 60.3 Å². The van der Waals surface area contributed by atoms with Gasteiger partial charge in [-0.25, -0.2) is 4.39 Å². The highest BCUT2D eigenvalue weighted by Crippen LogP contribution is 2.24. The van der Waals surface area contributed by atoms with Crippen LogP contribution in [-0.4, -0.2) is 0 Å². The fraction of sp³-hybridized carbons (Fsp3) is 0.0769. The molecule has 94 valence electrons. The third-order valence-electron chi connectivity index (χ3n) is 2.41. The minimum atomic E-state index is -0.223. The van der Waals surface area contributed by atoms with Gasteiger partial charge in [0.25, 0.3) is 0 Å². The van der Waals surface area contributed by atoms with Gasteiger partial charge in [0.2, 0.25) is 0 Å². The van der Waals surface area contributed by atoms with Crippen molar-refractivity contribution >= 4 is 60.1 Å². The third-order valence-corrected chi connectivity index (χ3v) is 5.52. The molecule has 0 radical (unpaired) electrons. The van der Waals surface area contributed by atoms with E-state index in [9.17, 15) is 4.39 Å². The van der Waals surface area contributed by atoms with Crippen LogP contribution in [-0.2, 0) is 6.54 Å². The first-order valence-electron chi connectivity index (χ1n) is 5.19. The number of rotatable bonds is 3. The van der Waals surface area contributed by atoms with Crippen molar-refractivity contribution in [1.82, 2.24) is 0 Å². The molecule has 0 spiro atoms. The maximum Gasteiger partial charge on any atom is 0.123 e. The molecule has 5 heteroatoms. The molecule has 0 amide bonds. The molecule has 2 aromatic carbocycles. The van der Waals surface area contributed by atoms with Gasteiger partial charge >= 0.3 is 0 Å². The van der Waals surface area contributed by atoms with E-state index in [1.165, 1.54) is 12.1 Å². The molecular formula is C13H9Br2FIN. The van der Waals surface area contributed by atoms with Gasteiger partial charge in [-0.15, -0.1) is 0 Å². The third kappa shape index (κ3) is 3.68. The van der Waals surface area contributed by atoms with Crippen LogP contribution in [0.1, 0.15) is 5.56 Å². The summed E-state index contributed by atoms with van der Waals surface area (Å²) in [6.45, 7) is 0.575. The van der Waals surface area contributed by atoms with E-state index in [-0.39, 0.29) is 5.82 Å². The molecule has 0 aliphatic carbocycles. The second kappa shape index (κ2) is 6.34. The Bertz CT molecular complexity index is 575. The van der Waals surface area contributed by atoms with Crippen LogP contribution in [0.2, 0.25) is 0 Å². The molecule has 2 aromatic rings. The summed E-state index contributed by atoms with van der Waals surface area (Å²) in [4.78, 5) is 0. The van der Waals surface area contributed by atoms with Crippen molar-refractivity contribution in [1.29, 1.82) is 0 Å². The van der Waals surface area contributed by atoms with Gasteiger partial charge in [0, 0.05) is 24.7 Å². The molecule has 0 aliphatic heterocycles. The number of benzene rings is 2. The monoisotopic (exact) mass is 483 g/mol. The smallest absolute Gasteiger partial charge is 0.123 e. The fourth-order valence-corrected chi connectivity index (χ4v) is 2.58. The van der Waals surface area contributed by atoms with E-state index in [2.05, 4.69) is 59.8 Å². The largest absolute Gasteiger partial charge is 0.381 e. The first-order chi connectivity index (χ1) is 8.56. The Morgan fingerprint density at radius 1 is 1.06 bits per heavy atom. The minimum Gasteiger partial charge on any atom is -0.381 e. The van der Waals surface area contributed by atoms with Gasteiger partial charge in [-0.3, -0.25) is 0 Å². The Balaban J connectivity index is 2.11. The zero-order valence-electron chi connectivity index (χ0n) is 9.18. The van der Waals surface area contributed by atoms with Crippen molar-refractivity contribution in [3.8, 4) is 0 Å². The van der Waals surface area contributed by atoms with E-state index >= 15 is 0 Å². The quantitative estimate of drug-likeness (QED) is 0.562. The van der Waals surface area contributed by atoms with Crippen LogP contribution >= 0.6 is 54.5 Å². The summed E-state index contributed by atoms with van der Waals surface area (Å²) in [7, 11) is 0. The normalized spacial score (nSPS) is 10.4. The van der Waals surface area contributed by atoms with Crippen molar-refractivity contribution in [2.75, 3.05) is 5.32 Å². The number of nitrogens with one attached hydrogen (secondary N) is 1. The van der Waals surface area contributed by atoms with E-state index in [4.69, 9.17) is 0 Å². The molecule has 0 fully saturated rings. The van der Waals surface area contributed by atoms with E-state index in [1.807, 2.05) is 18.2 Å². The van der Waals surface area contributed by atoms with Gasteiger partial charge in [-0.1, -0.05) is 15.9 Å². The summed E-state index contributed by atoms with van der Waals surface area (Å²) >= 11 is 9.15. The fourth-order valence-electron chi connectivity index (χ4n) is 1.48. The molecule has 18 heavy (non-hydrogen) atoms. The van der Waals surface area contributed by atoms with Crippen LogP contribution in [0.3, 0.4) is 0 Å². The van der Waals surface area contributed by atoms with Crippen LogP contribution < -0.4 is 5.32 Å². The lowest BCUT2D eigenvalue weighted by molar-refractivity contribution is 0.625. The lowest BCUT2D eigenvalue weighted by atomic mass is 10.2. The van der Waals surface area contributed by atoms with Gasteiger partial charge in [0.1, 0.15) is 5.82 Å². The average molecular weight is 485 g/mol. The lowest BCUT2D eigenvalue weighted by Gasteiger charge is -2.09. The number of anilines is 1. The lowest BCUT2D eigenvalue weighted by Crippen LogP contribution is -2.01. The molecule has 0 saturated carbocycles. The maximum absolute atomic E-state index is 13.1. The highest BCUT2D eigenvalue weighted by atomic mass is 127. The van der Waals surface area contributed by atoms with E-state index in [1.54, 1.807) is 6.07 Å². The van der Waals surface area contributed by atoms with Gasteiger partial charge in [-0.2, -0.15) is 0 Å². The Kier molecular flexibility index (Phi) is 5.03. The predicted octanol–water partition coefficient (Wildman–Crippen LogP) is 5.57. The zero-order chi connectivity index (χ0) is 13.1. The highest BCUT2D eigenvalue weighted by molar-refractivity contribution is 14.1. The van der Waals surface area contributed by atoms with Crippen molar-refractivity contribution in [2.24, 2.45) is 0 Å². The van der Waals surface area contributed by atoms with Crippen LogP contribution in [0.25, 0.3) is 0 Å². The first-order valence-corrected chi connectivity index (χ1v) is 7.85. The average Bonchev–Trinajstić information content (AvgIpc) is 2.34.